The van der Waals surface area contributed by atoms with Crippen LogP contribution in [-0.2, 0) is 85.8 Å². The molecule has 22 nitrogen and oxygen atoms in total. The van der Waals surface area contributed by atoms with Gasteiger partial charge in [-0.25, -0.2) is 50.7 Å². The van der Waals surface area contributed by atoms with E-state index in [1.807, 2.05) is 76.2 Å². The number of methoxy groups -OCH3 is 2. The van der Waals surface area contributed by atoms with E-state index in [9.17, 15) is 62.5 Å². The van der Waals surface area contributed by atoms with Crippen LogP contribution in [0, 0.1) is 65.0 Å². The van der Waals surface area contributed by atoms with Crippen LogP contribution in [-0.4, -0.2) is 190 Å². The number of sulfonamides is 4. The molecule has 6 aromatic rings. The van der Waals surface area contributed by atoms with E-state index in [1.54, 1.807) is 163 Å². The van der Waals surface area contributed by atoms with Gasteiger partial charge in [-0.2, -0.15) is 17.2 Å². The number of rotatable bonds is 20. The first kappa shape index (κ1) is 115. The average molecular weight is 2090 g/mol. The van der Waals surface area contributed by atoms with Crippen molar-refractivity contribution >= 4 is 71.2 Å². The summed E-state index contributed by atoms with van der Waals surface area (Å²) in [4.78, 5) is 2.97. The van der Waals surface area contributed by atoms with Crippen molar-refractivity contribution in [3.05, 3.63) is 179 Å². The van der Waals surface area contributed by atoms with Crippen molar-refractivity contribution < 1.29 is 72.0 Å². The molecule has 17 atom stereocenters. The van der Waals surface area contributed by atoms with Gasteiger partial charge in [0.15, 0.2) is 0 Å². The molecule has 17 unspecified atom stereocenters. The fourth-order valence-corrected chi connectivity index (χ4v) is 40.3. The number of aliphatic hydroxyl groups excluding tert-OH is 3. The first-order valence-corrected chi connectivity index (χ1v) is 61.1. The first-order chi connectivity index (χ1) is 65.2. The predicted octanol–water partition coefficient (Wildman–Crippen LogP) is 22.4. The third kappa shape index (κ3) is 25.4. The maximum absolute atomic E-state index is 13.7. The summed E-state index contributed by atoms with van der Waals surface area (Å²) in [6.07, 6.45) is 16.9. The molecule has 12 fully saturated rings. The van der Waals surface area contributed by atoms with Crippen LogP contribution in [0.1, 0.15) is 354 Å². The van der Waals surface area contributed by atoms with Crippen molar-refractivity contribution in [1.29, 1.82) is 0 Å². The fraction of sp³-hybridized carbons (Fsp3) is 0.670. The number of hydrogen-bond acceptors (Lipinski definition) is 16. The molecule has 12 bridgehead atoms. The second-order valence-corrected chi connectivity index (χ2v) is 66.2. The predicted molar refractivity (Wildman–Crippen MR) is 579 cm³/mol. The summed E-state index contributed by atoms with van der Waals surface area (Å²) in [7, 11) is -15.4. The topological polar surface area (TPSA) is 290 Å². The zero-order valence-corrected chi connectivity index (χ0v) is 96.7. The van der Waals surface area contributed by atoms with Crippen molar-refractivity contribution in [2.75, 3.05) is 53.5 Å². The van der Waals surface area contributed by atoms with Crippen LogP contribution >= 0.6 is 0 Å². The number of hydrogen-bond donors (Lipinski definition) is 4. The van der Waals surface area contributed by atoms with Gasteiger partial charge in [-0.1, -0.05) is 197 Å². The van der Waals surface area contributed by atoms with Crippen LogP contribution in [0.15, 0.2) is 175 Å². The largest absolute Gasteiger partial charge is 0.389 e. The van der Waals surface area contributed by atoms with E-state index in [2.05, 4.69) is 145 Å². The van der Waals surface area contributed by atoms with E-state index in [0.717, 1.165) is 159 Å². The summed E-state index contributed by atoms with van der Waals surface area (Å²) in [6.45, 7) is 61.6. The van der Waals surface area contributed by atoms with Crippen molar-refractivity contribution in [3.63, 3.8) is 0 Å². The van der Waals surface area contributed by atoms with Gasteiger partial charge >= 0.3 is 0 Å². The Morgan fingerprint density at radius 2 is 0.434 bits per heavy atom. The Kier molecular flexibility index (Phi) is 31.9. The van der Waals surface area contributed by atoms with Crippen molar-refractivity contribution in [2.24, 2.45) is 65.0 Å². The highest BCUT2D eigenvalue weighted by Crippen LogP contribution is 2.61. The van der Waals surface area contributed by atoms with Gasteiger partial charge in [0.2, 0.25) is 40.1 Å². The number of aliphatic hydroxyl groups is 4. The van der Waals surface area contributed by atoms with E-state index >= 15 is 0 Å². The molecule has 6 aromatic carbocycles. The van der Waals surface area contributed by atoms with E-state index in [4.69, 9.17) is 9.47 Å². The molecule has 4 N–H and O–H groups in total. The Labute approximate surface area is 863 Å². The minimum Gasteiger partial charge on any atom is -0.389 e. The van der Waals surface area contributed by atoms with Crippen molar-refractivity contribution in [3.8, 4) is 0 Å². The van der Waals surface area contributed by atoms with Gasteiger partial charge in [0.1, 0.15) is 0 Å². The molecule has 0 spiro atoms. The zero-order valence-electron chi connectivity index (χ0n) is 91.8. The Morgan fingerprint density at radius 1 is 0.273 bits per heavy atom. The summed E-state index contributed by atoms with van der Waals surface area (Å²) >= 11 is 0. The van der Waals surface area contributed by atoms with Crippen LogP contribution in [0.5, 0.6) is 0 Å². The third-order valence-corrected chi connectivity index (χ3v) is 45.9. The van der Waals surface area contributed by atoms with E-state index in [0.29, 0.717) is 68.7 Å². The summed E-state index contributed by atoms with van der Waals surface area (Å²) in [5.74, 6) is 8.39. The average Bonchev–Trinajstić information content (AvgIpc) is 1.62. The molecule has 28 heteroatoms. The Morgan fingerprint density at radius 3 is 0.608 bits per heavy atom. The van der Waals surface area contributed by atoms with Crippen LogP contribution in [0.2, 0.25) is 0 Å². The lowest BCUT2D eigenvalue weighted by Gasteiger charge is -2.40. The SMILES string of the molecule is C=S(=O)(c1ccc(C(C)(C)OC)cc1)N1CC2(C)CC1CC(C)(C)C2.C=S(=O)(c1ccc(C(C)(C)OC)cc1)N1CC2(C)CC1CC(C)(C)C2.CC(O)c1ccc(S(=O)(=O)N2CC3(C)CC2CC(C)(C)C3)cc1.CC(O)c1ccc(S(=O)(=O)N2CC3(C)CC2CC(C)(C)C3)cc1.CC(O)c1ccc(S(=O)(=O)N2CC3(C)CC2CC(C)(C)C3)cc1.CC1(C)CC2CC(C)(CN2S(=O)(=O)c2ccc(C(C)(C)O)cc2)C1. The molecule has 6 saturated carbocycles. The lowest BCUT2D eigenvalue weighted by atomic mass is 9.65. The third-order valence-electron chi connectivity index (χ3n) is 33.9. The summed E-state index contributed by atoms with van der Waals surface area (Å²) in [6, 6.07) is 43.7. The number of benzene rings is 6. The van der Waals surface area contributed by atoms with Gasteiger partial charge in [0.05, 0.1) is 74.1 Å². The summed E-state index contributed by atoms with van der Waals surface area (Å²) in [5, 5.41) is 38.8. The zero-order chi connectivity index (χ0) is 106. The highest BCUT2D eigenvalue weighted by molar-refractivity contribution is 7.98. The molecule has 6 saturated heterocycles. The van der Waals surface area contributed by atoms with Crippen LogP contribution in [0.4, 0.5) is 0 Å². The minimum absolute atomic E-state index is 0.0759. The fourth-order valence-electron chi connectivity index (χ4n) is 29.2. The molecule has 6 aliphatic carbocycles. The number of nitrogens with zero attached hydrogens (tertiary/aromatic N) is 6. The standard InChI is InChI=1S/2C21H33NO2S.C19H29NO3S.3C18H27NO3S/c2*1-19(2)12-17-13-21(5,14-19)15-22(17)25(7,23)18-10-8-16(9-11-18)20(3,4)24-6;1-17(2)10-15-11-19(5,12-17)13-20(15)24(22,23)16-8-6-14(7-9-16)18(3,4)21;3*1-13(20)14-5-7-16(8-6-14)23(21,22)19-12-18(4)10-15(19)9-17(2,3)11-18/h2*8-11,17H,7,12-15H2,1-6H3;6-9,15,21H,10-13H2,1-5H3;3*5-8,13,15,20H,9-12H2,1-4H3. The smallest absolute Gasteiger partial charge is 0.243 e. The van der Waals surface area contributed by atoms with Gasteiger partial charge in [-0.05, 0) is 361 Å². The molecular weight excluding hydrogens is 1910 g/mol. The second-order valence-electron chi connectivity index (χ2n) is 54.2. The first-order valence-electron chi connectivity index (χ1n) is 52.0. The van der Waals surface area contributed by atoms with Gasteiger partial charge < -0.3 is 29.9 Å². The van der Waals surface area contributed by atoms with Crippen LogP contribution in [0.3, 0.4) is 0 Å². The van der Waals surface area contributed by atoms with Crippen molar-refractivity contribution in [2.45, 2.75) is 403 Å². The molecule has 0 amide bonds. The maximum Gasteiger partial charge on any atom is 0.243 e. The van der Waals surface area contributed by atoms with Gasteiger partial charge in [0.25, 0.3) is 0 Å². The molecule has 18 rings (SSSR count). The normalized spacial score (nSPS) is 31.6. The lowest BCUT2D eigenvalue weighted by molar-refractivity contribution is 0.0189. The molecule has 6 aliphatic heterocycles. The number of ether oxygens (including phenoxy) is 2. The molecule has 0 aromatic heterocycles. The Hall–Kier alpha value is -5.32. The Bertz CT molecular complexity index is 5860. The molecule has 12 aliphatic rings. The monoisotopic (exact) mass is 2090 g/mol. The van der Waals surface area contributed by atoms with Gasteiger partial charge in [-0.3, -0.25) is 0 Å². The second kappa shape index (κ2) is 39.7. The molecule has 0 radical (unpaired) electrons. The summed E-state index contributed by atoms with van der Waals surface area (Å²) < 4.78 is 155. The lowest BCUT2D eigenvalue weighted by Crippen LogP contribution is -2.37. The van der Waals surface area contributed by atoms with E-state index in [-0.39, 0.29) is 89.5 Å². The number of fused-ring (bicyclic) bond motifs is 12. The Balaban J connectivity index is 0.000000144. The van der Waals surface area contributed by atoms with Crippen LogP contribution in [0.25, 0.3) is 0 Å². The maximum atomic E-state index is 13.7. The van der Waals surface area contributed by atoms with Gasteiger partial charge in [-0.15, -0.1) is 0 Å². The minimum atomic E-state index is -3.49. The summed E-state index contributed by atoms with van der Waals surface area (Å²) in [5.41, 5.74) is 5.66. The molecule has 798 valence electrons. The van der Waals surface area contributed by atoms with E-state index in [1.165, 1.54) is 12.8 Å². The molecule has 6 heterocycles. The van der Waals surface area contributed by atoms with Gasteiger partial charge in [0, 0.05) is 99.5 Å². The van der Waals surface area contributed by atoms with Crippen LogP contribution < -0.4 is 0 Å². The molecule has 143 heavy (non-hydrogen) atoms. The van der Waals surface area contributed by atoms with E-state index < -0.39 is 83.4 Å². The van der Waals surface area contributed by atoms with Crippen molar-refractivity contribution in [1.82, 2.24) is 25.8 Å². The highest BCUT2D eigenvalue weighted by Gasteiger charge is 2.60. The quantitative estimate of drug-likeness (QED) is 0.0517. The highest BCUT2D eigenvalue weighted by atomic mass is 32.2. The molecular formula is C115H176N6O16S6.